The molecule has 0 unspecified atom stereocenters. The van der Waals surface area contributed by atoms with E-state index in [1.807, 2.05) is 30.3 Å². The highest BCUT2D eigenvalue weighted by Crippen LogP contribution is 2.20. The Hall–Kier alpha value is -3.54. The minimum absolute atomic E-state index is 0.0300. The van der Waals surface area contributed by atoms with E-state index in [1.54, 1.807) is 47.3 Å². The lowest BCUT2D eigenvalue weighted by atomic mass is 10.1. The van der Waals surface area contributed by atoms with Gasteiger partial charge in [-0.15, -0.1) is 0 Å². The van der Waals surface area contributed by atoms with Gasteiger partial charge in [0.1, 0.15) is 17.1 Å². The van der Waals surface area contributed by atoms with Gasteiger partial charge in [-0.1, -0.05) is 18.2 Å². The van der Waals surface area contributed by atoms with Gasteiger partial charge in [-0.25, -0.2) is 0 Å². The highest BCUT2D eigenvalue weighted by molar-refractivity contribution is 5.95. The van der Waals surface area contributed by atoms with Gasteiger partial charge in [0.25, 0.3) is 5.91 Å². The summed E-state index contributed by atoms with van der Waals surface area (Å²) >= 11 is 0. The molecule has 0 saturated carbocycles. The molecule has 148 valence electrons. The summed E-state index contributed by atoms with van der Waals surface area (Å²) in [7, 11) is 1.59. The van der Waals surface area contributed by atoms with E-state index >= 15 is 0 Å². The lowest BCUT2D eigenvalue weighted by molar-refractivity contribution is -0.127. The summed E-state index contributed by atoms with van der Waals surface area (Å²) < 4.78 is 10.8. The molecule has 6 heteroatoms. The minimum Gasteiger partial charge on any atom is -0.497 e. The highest BCUT2D eigenvalue weighted by Gasteiger charge is 2.24. The second-order valence-electron chi connectivity index (χ2n) is 6.87. The molecule has 1 saturated heterocycles. The zero-order valence-corrected chi connectivity index (χ0v) is 16.2. The van der Waals surface area contributed by atoms with Crippen LogP contribution in [-0.2, 0) is 4.79 Å². The molecule has 0 bridgehead atoms. The topological polar surface area (TPSA) is 63.0 Å². The highest BCUT2D eigenvalue weighted by atomic mass is 16.5. The first-order valence-corrected chi connectivity index (χ1v) is 9.53. The maximum atomic E-state index is 12.6. The smallest absolute Gasteiger partial charge is 0.253 e. The molecule has 2 amide bonds. The first kappa shape index (κ1) is 18.8. The fraction of sp³-hybridized carbons (Fsp3) is 0.217. The number of methoxy groups -OCH3 is 1. The van der Waals surface area contributed by atoms with Crippen LogP contribution in [0.25, 0.3) is 17.0 Å². The fourth-order valence-corrected chi connectivity index (χ4v) is 3.39. The molecule has 0 spiro atoms. The third kappa shape index (κ3) is 4.16. The second-order valence-corrected chi connectivity index (χ2v) is 6.87. The molecule has 1 fully saturated rings. The first-order chi connectivity index (χ1) is 14.1. The van der Waals surface area contributed by atoms with Crippen molar-refractivity contribution in [1.29, 1.82) is 0 Å². The van der Waals surface area contributed by atoms with E-state index in [-0.39, 0.29) is 11.8 Å². The number of hydrogen-bond donors (Lipinski definition) is 0. The van der Waals surface area contributed by atoms with Crippen LogP contribution in [0.1, 0.15) is 16.1 Å². The summed E-state index contributed by atoms with van der Waals surface area (Å²) in [5, 5.41) is 1.00. The van der Waals surface area contributed by atoms with Gasteiger partial charge < -0.3 is 19.0 Å². The van der Waals surface area contributed by atoms with Gasteiger partial charge in [0.05, 0.1) is 7.11 Å². The molecule has 2 heterocycles. The Morgan fingerprint density at radius 3 is 2.34 bits per heavy atom. The summed E-state index contributed by atoms with van der Waals surface area (Å²) in [6, 6.07) is 16.7. The Morgan fingerprint density at radius 1 is 0.966 bits per heavy atom. The van der Waals surface area contributed by atoms with Crippen molar-refractivity contribution in [2.45, 2.75) is 0 Å². The number of benzene rings is 2. The number of hydrogen-bond acceptors (Lipinski definition) is 4. The number of rotatable bonds is 4. The molecule has 6 nitrogen and oxygen atoms in total. The van der Waals surface area contributed by atoms with E-state index in [2.05, 4.69) is 0 Å². The van der Waals surface area contributed by atoms with Gasteiger partial charge in [0.2, 0.25) is 5.91 Å². The average Bonchev–Trinajstić information content (AvgIpc) is 3.20. The molecular weight excluding hydrogens is 368 g/mol. The average molecular weight is 390 g/mol. The van der Waals surface area contributed by atoms with E-state index in [0.717, 1.165) is 11.0 Å². The number of carbonyl (C=O) groups is 2. The number of ether oxygens (including phenoxy) is 1. The van der Waals surface area contributed by atoms with E-state index in [1.165, 1.54) is 6.08 Å². The number of piperazine rings is 1. The largest absolute Gasteiger partial charge is 0.497 e. The van der Waals surface area contributed by atoms with Gasteiger partial charge in [-0.05, 0) is 42.5 Å². The third-order valence-electron chi connectivity index (χ3n) is 5.05. The van der Waals surface area contributed by atoms with Crippen LogP contribution < -0.4 is 4.74 Å². The molecule has 29 heavy (non-hydrogen) atoms. The molecule has 0 N–H and O–H groups in total. The van der Waals surface area contributed by atoms with Crippen LogP contribution in [0.5, 0.6) is 5.75 Å². The van der Waals surface area contributed by atoms with Gasteiger partial charge in [-0.3, -0.25) is 9.59 Å². The zero-order valence-electron chi connectivity index (χ0n) is 16.2. The number of fused-ring (bicyclic) bond motifs is 1. The molecule has 1 aliphatic rings. The van der Waals surface area contributed by atoms with Gasteiger partial charge in [0, 0.05) is 43.2 Å². The summed E-state index contributed by atoms with van der Waals surface area (Å²) in [4.78, 5) is 28.6. The quantitative estimate of drug-likeness (QED) is 0.640. The Morgan fingerprint density at radius 2 is 1.66 bits per heavy atom. The molecular formula is C23H22N2O4. The Balaban J connectivity index is 1.33. The van der Waals surface area contributed by atoms with Crippen molar-refractivity contribution in [3.63, 3.8) is 0 Å². The number of nitrogens with zero attached hydrogens (tertiary/aromatic N) is 2. The van der Waals surface area contributed by atoms with E-state index in [0.29, 0.717) is 43.3 Å². The maximum absolute atomic E-state index is 12.6. The van der Waals surface area contributed by atoms with E-state index < -0.39 is 0 Å². The van der Waals surface area contributed by atoms with Crippen LogP contribution in [-0.4, -0.2) is 54.9 Å². The van der Waals surface area contributed by atoms with Crippen LogP contribution in [0.4, 0.5) is 0 Å². The normalized spacial score (nSPS) is 14.5. The molecule has 2 aromatic carbocycles. The molecule has 0 radical (unpaired) electrons. The van der Waals surface area contributed by atoms with Crippen molar-refractivity contribution in [3.05, 3.63) is 72.0 Å². The predicted molar refractivity (Wildman–Crippen MR) is 111 cm³/mol. The molecule has 0 atom stereocenters. The van der Waals surface area contributed by atoms with Crippen LogP contribution in [0.15, 0.2) is 65.1 Å². The van der Waals surface area contributed by atoms with Crippen LogP contribution in [0, 0.1) is 0 Å². The van der Waals surface area contributed by atoms with E-state index in [9.17, 15) is 9.59 Å². The monoisotopic (exact) mass is 390 g/mol. The fourth-order valence-electron chi connectivity index (χ4n) is 3.39. The molecule has 1 aliphatic heterocycles. The van der Waals surface area contributed by atoms with Gasteiger partial charge in [0.15, 0.2) is 0 Å². The number of furan rings is 1. The Labute approximate surface area is 169 Å². The standard InChI is InChI=1S/C23H22N2O4/c1-28-19-8-6-17(7-9-19)23(27)25-14-12-24(13-15-25)22(26)11-10-20-16-18-4-2-3-5-21(18)29-20/h2-11,16H,12-15H2,1H3/b11-10+. The summed E-state index contributed by atoms with van der Waals surface area (Å²) in [6.45, 7) is 2.03. The first-order valence-electron chi connectivity index (χ1n) is 9.53. The van der Waals surface area contributed by atoms with E-state index in [4.69, 9.17) is 9.15 Å². The van der Waals surface area contributed by atoms with Crippen LogP contribution >= 0.6 is 0 Å². The SMILES string of the molecule is COc1ccc(C(=O)N2CCN(C(=O)/C=C/c3cc4ccccc4o3)CC2)cc1. The van der Waals surface area contributed by atoms with Crippen molar-refractivity contribution in [3.8, 4) is 5.75 Å². The molecule has 0 aliphatic carbocycles. The zero-order chi connectivity index (χ0) is 20.2. The third-order valence-corrected chi connectivity index (χ3v) is 5.05. The number of para-hydroxylation sites is 1. The van der Waals surface area contributed by atoms with Gasteiger partial charge in [-0.2, -0.15) is 0 Å². The van der Waals surface area contributed by atoms with Crippen molar-refractivity contribution in [1.82, 2.24) is 9.80 Å². The summed E-state index contributed by atoms with van der Waals surface area (Å²) in [5.41, 5.74) is 1.42. The predicted octanol–water partition coefficient (Wildman–Crippen LogP) is 3.44. The van der Waals surface area contributed by atoms with Crippen molar-refractivity contribution in [2.24, 2.45) is 0 Å². The number of carbonyl (C=O) groups excluding carboxylic acids is 2. The van der Waals surface area contributed by atoms with Crippen molar-refractivity contribution in [2.75, 3.05) is 33.3 Å². The van der Waals surface area contributed by atoms with Crippen molar-refractivity contribution < 1.29 is 18.7 Å². The maximum Gasteiger partial charge on any atom is 0.253 e. The summed E-state index contributed by atoms with van der Waals surface area (Å²) in [6.07, 6.45) is 3.22. The molecule has 4 rings (SSSR count). The lowest BCUT2D eigenvalue weighted by Crippen LogP contribution is -2.50. The Kier molecular flexibility index (Phi) is 5.33. The molecule has 3 aromatic rings. The van der Waals surface area contributed by atoms with Crippen molar-refractivity contribution >= 4 is 28.9 Å². The summed E-state index contributed by atoms with van der Waals surface area (Å²) in [5.74, 6) is 1.25. The van der Waals surface area contributed by atoms with Crippen LogP contribution in [0.3, 0.4) is 0 Å². The Bertz CT molecular complexity index is 1010. The van der Waals surface area contributed by atoms with Crippen LogP contribution in [0.2, 0.25) is 0 Å². The van der Waals surface area contributed by atoms with Gasteiger partial charge >= 0.3 is 0 Å². The number of amides is 2. The molecule has 1 aromatic heterocycles. The lowest BCUT2D eigenvalue weighted by Gasteiger charge is -2.34. The minimum atomic E-state index is -0.0815. The second kappa shape index (κ2) is 8.22.